The molecule has 2 rings (SSSR count). The second-order valence-electron chi connectivity index (χ2n) is 5.88. The molecule has 2 amide bonds. The number of hydrogen-bond acceptors (Lipinski definition) is 2. The highest BCUT2D eigenvalue weighted by Crippen LogP contribution is 2.27. The van der Waals surface area contributed by atoms with E-state index >= 15 is 0 Å². The molecule has 4 heteroatoms. The van der Waals surface area contributed by atoms with Crippen molar-refractivity contribution in [3.05, 3.63) is 12.2 Å². The van der Waals surface area contributed by atoms with E-state index in [2.05, 4.69) is 17.5 Å². The van der Waals surface area contributed by atoms with Crippen molar-refractivity contribution in [2.45, 2.75) is 64.6 Å². The van der Waals surface area contributed by atoms with E-state index in [1.54, 1.807) is 0 Å². The minimum atomic E-state index is -0.326. The van der Waals surface area contributed by atoms with Crippen molar-refractivity contribution in [1.29, 1.82) is 0 Å². The summed E-state index contributed by atoms with van der Waals surface area (Å²) >= 11 is 0. The van der Waals surface area contributed by atoms with Crippen LogP contribution in [0.2, 0.25) is 0 Å². The second kappa shape index (κ2) is 5.76. The topological polar surface area (TPSA) is 49.4 Å². The molecule has 0 aromatic heterocycles. The third-order valence-corrected chi connectivity index (χ3v) is 4.02. The van der Waals surface area contributed by atoms with Crippen molar-refractivity contribution >= 4 is 11.8 Å². The lowest BCUT2D eigenvalue weighted by Gasteiger charge is -2.44. The summed E-state index contributed by atoms with van der Waals surface area (Å²) in [6.45, 7) is 6.05. The molecule has 2 aliphatic rings. The van der Waals surface area contributed by atoms with Gasteiger partial charge < -0.3 is 10.2 Å². The Balaban J connectivity index is 2.24. The highest BCUT2D eigenvalue weighted by molar-refractivity contribution is 5.97. The van der Waals surface area contributed by atoms with Gasteiger partial charge in [0.1, 0.15) is 12.1 Å². The normalized spacial score (nSPS) is 28.3. The zero-order valence-corrected chi connectivity index (χ0v) is 12.1. The highest BCUT2D eigenvalue weighted by atomic mass is 16.2. The van der Waals surface area contributed by atoms with E-state index in [1.165, 1.54) is 0 Å². The first kappa shape index (κ1) is 14.1. The maximum atomic E-state index is 12.6. The molecule has 1 fully saturated rings. The predicted molar refractivity (Wildman–Crippen MR) is 74.5 cm³/mol. The van der Waals surface area contributed by atoms with Gasteiger partial charge in [0.15, 0.2) is 0 Å². The molecule has 0 aromatic rings. The fraction of sp³-hybridized carbons (Fsp3) is 0.733. The number of hydrogen-bond donors (Lipinski definition) is 1. The van der Waals surface area contributed by atoms with Crippen molar-refractivity contribution in [3.8, 4) is 0 Å². The van der Waals surface area contributed by atoms with Crippen LogP contribution in [0.1, 0.15) is 46.5 Å². The summed E-state index contributed by atoms with van der Waals surface area (Å²) in [7, 11) is 0. The maximum absolute atomic E-state index is 12.6. The SMILES string of the molecule is CCCC1NC(=O)C(C(C)C)N(C2CC=CC2)C1=O. The average molecular weight is 264 g/mol. The van der Waals surface area contributed by atoms with Crippen LogP contribution in [0.5, 0.6) is 0 Å². The first-order chi connectivity index (χ1) is 9.06. The number of rotatable bonds is 4. The van der Waals surface area contributed by atoms with Gasteiger partial charge in [-0.05, 0) is 25.2 Å². The van der Waals surface area contributed by atoms with Crippen LogP contribution in [0.3, 0.4) is 0 Å². The van der Waals surface area contributed by atoms with E-state index in [-0.39, 0.29) is 35.9 Å². The van der Waals surface area contributed by atoms with Crippen LogP contribution in [-0.2, 0) is 9.59 Å². The zero-order valence-electron chi connectivity index (χ0n) is 12.1. The molecular formula is C15H24N2O2. The van der Waals surface area contributed by atoms with E-state index in [0.717, 1.165) is 25.7 Å². The molecule has 0 spiro atoms. The molecule has 2 unspecified atom stereocenters. The Morgan fingerprint density at radius 2 is 1.95 bits per heavy atom. The average Bonchev–Trinajstić information content (AvgIpc) is 2.86. The molecule has 106 valence electrons. The number of carbonyl (C=O) groups excluding carboxylic acids is 2. The van der Waals surface area contributed by atoms with Crippen LogP contribution in [0.4, 0.5) is 0 Å². The fourth-order valence-electron chi connectivity index (χ4n) is 3.11. The molecule has 1 heterocycles. The number of nitrogens with zero attached hydrogens (tertiary/aromatic N) is 1. The Kier molecular flexibility index (Phi) is 4.27. The molecule has 1 aliphatic carbocycles. The van der Waals surface area contributed by atoms with Crippen molar-refractivity contribution in [3.63, 3.8) is 0 Å². The summed E-state index contributed by atoms with van der Waals surface area (Å²) in [4.78, 5) is 26.8. The zero-order chi connectivity index (χ0) is 14.0. The lowest BCUT2D eigenvalue weighted by atomic mass is 9.93. The summed E-state index contributed by atoms with van der Waals surface area (Å²) in [6, 6.07) is -0.469. The molecule has 2 atom stereocenters. The summed E-state index contributed by atoms with van der Waals surface area (Å²) in [5.41, 5.74) is 0. The third kappa shape index (κ3) is 2.67. The summed E-state index contributed by atoms with van der Waals surface area (Å²) < 4.78 is 0. The summed E-state index contributed by atoms with van der Waals surface area (Å²) in [5.74, 6) is 0.265. The molecule has 1 N–H and O–H groups in total. The molecular weight excluding hydrogens is 240 g/mol. The van der Waals surface area contributed by atoms with Crippen molar-refractivity contribution < 1.29 is 9.59 Å². The Labute approximate surface area is 115 Å². The highest BCUT2D eigenvalue weighted by Gasteiger charge is 2.44. The molecule has 0 aromatic carbocycles. The summed E-state index contributed by atoms with van der Waals surface area (Å²) in [6.07, 6.45) is 7.60. The van der Waals surface area contributed by atoms with Crippen LogP contribution < -0.4 is 5.32 Å². The van der Waals surface area contributed by atoms with E-state index < -0.39 is 0 Å². The largest absolute Gasteiger partial charge is 0.342 e. The van der Waals surface area contributed by atoms with Crippen LogP contribution in [0.25, 0.3) is 0 Å². The molecule has 19 heavy (non-hydrogen) atoms. The van der Waals surface area contributed by atoms with Gasteiger partial charge in [0.05, 0.1) is 0 Å². The van der Waals surface area contributed by atoms with Gasteiger partial charge in [0, 0.05) is 6.04 Å². The smallest absolute Gasteiger partial charge is 0.246 e. The maximum Gasteiger partial charge on any atom is 0.246 e. The number of amides is 2. The molecule has 0 radical (unpaired) electrons. The standard InChI is InChI=1S/C15H24N2O2/c1-4-7-12-15(19)17(11-8-5-6-9-11)13(10(2)3)14(18)16-12/h5-6,10-13H,4,7-9H2,1-3H3,(H,16,18). The van der Waals surface area contributed by atoms with Crippen molar-refractivity contribution in [2.24, 2.45) is 5.92 Å². The third-order valence-electron chi connectivity index (χ3n) is 4.02. The van der Waals surface area contributed by atoms with Gasteiger partial charge in [-0.15, -0.1) is 0 Å². The molecule has 1 saturated heterocycles. The molecule has 0 saturated carbocycles. The fourth-order valence-corrected chi connectivity index (χ4v) is 3.11. The summed E-state index contributed by atoms with van der Waals surface area (Å²) in [5, 5.41) is 2.90. The van der Waals surface area contributed by atoms with E-state index in [9.17, 15) is 9.59 Å². The quantitative estimate of drug-likeness (QED) is 0.788. The van der Waals surface area contributed by atoms with Crippen molar-refractivity contribution in [2.75, 3.05) is 0 Å². The molecule has 0 bridgehead atoms. The van der Waals surface area contributed by atoms with Crippen LogP contribution in [-0.4, -0.2) is 34.8 Å². The lowest BCUT2D eigenvalue weighted by Crippen LogP contribution is -2.66. The Hall–Kier alpha value is -1.32. The number of piperazine rings is 1. The van der Waals surface area contributed by atoms with Gasteiger partial charge in [0.2, 0.25) is 11.8 Å². The van der Waals surface area contributed by atoms with Crippen LogP contribution >= 0.6 is 0 Å². The number of carbonyl (C=O) groups is 2. The predicted octanol–water partition coefficient (Wildman–Crippen LogP) is 1.86. The minimum absolute atomic E-state index is 0.0138. The molecule has 4 nitrogen and oxygen atoms in total. The Morgan fingerprint density at radius 1 is 1.32 bits per heavy atom. The van der Waals surface area contributed by atoms with Crippen LogP contribution in [0.15, 0.2) is 12.2 Å². The number of nitrogens with one attached hydrogen (secondary N) is 1. The van der Waals surface area contributed by atoms with Gasteiger partial charge in [-0.25, -0.2) is 0 Å². The minimum Gasteiger partial charge on any atom is -0.342 e. The Bertz CT molecular complexity index is 382. The molecule has 1 aliphatic heterocycles. The van der Waals surface area contributed by atoms with Gasteiger partial charge in [0.25, 0.3) is 0 Å². The first-order valence-electron chi connectivity index (χ1n) is 7.33. The monoisotopic (exact) mass is 264 g/mol. The van der Waals surface area contributed by atoms with E-state index in [0.29, 0.717) is 0 Å². The lowest BCUT2D eigenvalue weighted by molar-refractivity contribution is -0.154. The van der Waals surface area contributed by atoms with Gasteiger partial charge in [-0.3, -0.25) is 9.59 Å². The van der Waals surface area contributed by atoms with Crippen LogP contribution in [0, 0.1) is 5.92 Å². The first-order valence-corrected chi connectivity index (χ1v) is 7.33. The van der Waals surface area contributed by atoms with E-state index in [1.807, 2.05) is 25.7 Å². The van der Waals surface area contributed by atoms with Crippen molar-refractivity contribution in [1.82, 2.24) is 10.2 Å². The second-order valence-corrected chi connectivity index (χ2v) is 5.88. The van der Waals surface area contributed by atoms with Gasteiger partial charge in [-0.2, -0.15) is 0 Å². The Morgan fingerprint density at radius 3 is 2.47 bits per heavy atom. The van der Waals surface area contributed by atoms with Gasteiger partial charge in [-0.1, -0.05) is 39.3 Å². The van der Waals surface area contributed by atoms with E-state index in [4.69, 9.17) is 0 Å². The van der Waals surface area contributed by atoms with Gasteiger partial charge >= 0.3 is 0 Å².